The van der Waals surface area contributed by atoms with Gasteiger partial charge < -0.3 is 5.32 Å². The number of hydrogen-bond acceptors (Lipinski definition) is 5. The normalized spacial score (nSPS) is 10.7. The Balaban J connectivity index is 1.89. The lowest BCUT2D eigenvalue weighted by Crippen LogP contribution is -2.14. The lowest BCUT2D eigenvalue weighted by molar-refractivity contribution is -0.113. The minimum Gasteiger partial charge on any atom is -0.325 e. The molecule has 0 aliphatic rings. The summed E-state index contributed by atoms with van der Waals surface area (Å²) in [6, 6.07) is 7.94. The van der Waals surface area contributed by atoms with Crippen LogP contribution in [0.4, 0.5) is 5.69 Å². The van der Waals surface area contributed by atoms with Crippen LogP contribution < -0.4 is 5.32 Å². The Kier molecular flexibility index (Phi) is 4.93. The molecule has 0 fully saturated rings. The number of hydrogen-bond donors (Lipinski definition) is 1. The van der Waals surface area contributed by atoms with E-state index >= 15 is 0 Å². The van der Waals surface area contributed by atoms with Gasteiger partial charge in [0.2, 0.25) is 5.91 Å². The summed E-state index contributed by atoms with van der Waals surface area (Å²) in [6.45, 7) is 4.26. The van der Waals surface area contributed by atoms with E-state index in [1.807, 2.05) is 18.2 Å². The van der Waals surface area contributed by atoms with Crippen molar-refractivity contribution < 1.29 is 4.79 Å². The van der Waals surface area contributed by atoms with Crippen LogP contribution in [0.2, 0.25) is 0 Å². The Morgan fingerprint density at radius 1 is 1.47 bits per heavy atom. The first kappa shape index (κ1) is 14.0. The van der Waals surface area contributed by atoms with Crippen LogP contribution in [0, 0.1) is 0 Å². The molecule has 4 nitrogen and oxygen atoms in total. The number of carbonyl (C=O) groups excluding carboxylic acids is 1. The van der Waals surface area contributed by atoms with Gasteiger partial charge in [-0.2, -0.15) is 0 Å². The molecule has 0 aliphatic heterocycles. The molecule has 2 rings (SSSR count). The summed E-state index contributed by atoms with van der Waals surface area (Å²) in [5.74, 6) is 0.773. The maximum atomic E-state index is 11.8. The van der Waals surface area contributed by atoms with Gasteiger partial charge in [0.05, 0.1) is 5.75 Å². The van der Waals surface area contributed by atoms with Crippen LogP contribution in [0.1, 0.15) is 25.3 Å². The molecule has 19 heavy (non-hydrogen) atoms. The fourth-order valence-corrected chi connectivity index (χ4v) is 2.81. The molecule has 100 valence electrons. The molecule has 0 unspecified atom stereocenters. The van der Waals surface area contributed by atoms with Crippen molar-refractivity contribution in [1.82, 2.24) is 10.2 Å². The van der Waals surface area contributed by atoms with Crippen LogP contribution in [-0.2, 0) is 4.79 Å². The van der Waals surface area contributed by atoms with Crippen molar-refractivity contribution in [2.75, 3.05) is 11.1 Å². The van der Waals surface area contributed by atoms with Crippen LogP contribution in [0.25, 0.3) is 0 Å². The van der Waals surface area contributed by atoms with Gasteiger partial charge in [-0.1, -0.05) is 49.1 Å². The van der Waals surface area contributed by atoms with Crippen molar-refractivity contribution in [2.24, 2.45) is 0 Å². The lowest BCUT2D eigenvalue weighted by Gasteiger charge is -2.09. The molecule has 0 aliphatic carbocycles. The van der Waals surface area contributed by atoms with E-state index in [9.17, 15) is 4.79 Å². The minimum atomic E-state index is -0.0268. The van der Waals surface area contributed by atoms with Crippen LogP contribution in [0.3, 0.4) is 0 Å². The molecule has 0 saturated carbocycles. The Hall–Kier alpha value is -1.40. The molecule has 0 spiro atoms. The predicted molar refractivity (Wildman–Crippen MR) is 79.8 cm³/mol. The highest BCUT2D eigenvalue weighted by atomic mass is 32.2. The summed E-state index contributed by atoms with van der Waals surface area (Å²) < 4.78 is 0.811. The molecule has 6 heteroatoms. The molecule has 0 radical (unpaired) electrons. The smallest absolute Gasteiger partial charge is 0.234 e. The highest BCUT2D eigenvalue weighted by Crippen LogP contribution is 2.21. The van der Waals surface area contributed by atoms with Gasteiger partial charge in [0, 0.05) is 5.69 Å². The zero-order valence-electron chi connectivity index (χ0n) is 10.8. The van der Waals surface area contributed by atoms with Crippen molar-refractivity contribution in [3.05, 3.63) is 35.3 Å². The molecule has 0 atom stereocenters. The number of anilines is 1. The maximum absolute atomic E-state index is 11.8. The molecule has 0 bridgehead atoms. The zero-order valence-corrected chi connectivity index (χ0v) is 12.4. The number of benzene rings is 1. The van der Waals surface area contributed by atoms with Gasteiger partial charge >= 0.3 is 0 Å². The minimum absolute atomic E-state index is 0.0268. The Labute approximate surface area is 120 Å². The number of nitrogens with one attached hydrogen (secondary N) is 1. The first-order valence-corrected chi connectivity index (χ1v) is 7.80. The van der Waals surface area contributed by atoms with Crippen LogP contribution in [0.5, 0.6) is 0 Å². The summed E-state index contributed by atoms with van der Waals surface area (Å²) in [5.41, 5.74) is 3.72. The summed E-state index contributed by atoms with van der Waals surface area (Å²) in [5, 5.41) is 10.5. The average molecular weight is 293 g/mol. The summed E-state index contributed by atoms with van der Waals surface area (Å²) in [7, 11) is 0. The quantitative estimate of drug-likeness (QED) is 0.859. The van der Waals surface area contributed by atoms with E-state index in [4.69, 9.17) is 0 Å². The monoisotopic (exact) mass is 293 g/mol. The summed E-state index contributed by atoms with van der Waals surface area (Å²) in [6.07, 6.45) is 0. The molecule has 1 N–H and O–H groups in total. The number of aromatic nitrogens is 2. The standard InChI is InChI=1S/C13H15N3OS2/c1-9(2)10-4-3-5-11(6-10)15-12(17)7-18-13-16-14-8-19-13/h3-6,8-9H,7H2,1-2H3,(H,15,17). The molecule has 1 amide bonds. The third-order valence-corrected chi connectivity index (χ3v) is 4.36. The van der Waals surface area contributed by atoms with Gasteiger partial charge in [0.1, 0.15) is 5.51 Å². The van der Waals surface area contributed by atoms with Crippen molar-refractivity contribution in [2.45, 2.75) is 24.1 Å². The topological polar surface area (TPSA) is 54.9 Å². The van der Waals surface area contributed by atoms with Crippen molar-refractivity contribution in [3.63, 3.8) is 0 Å². The number of thioether (sulfide) groups is 1. The van der Waals surface area contributed by atoms with E-state index < -0.39 is 0 Å². The first-order chi connectivity index (χ1) is 9.15. The van der Waals surface area contributed by atoms with E-state index in [1.54, 1.807) is 5.51 Å². The number of nitrogens with zero attached hydrogens (tertiary/aromatic N) is 2. The third-order valence-electron chi connectivity index (χ3n) is 2.50. The maximum Gasteiger partial charge on any atom is 0.234 e. The van der Waals surface area contributed by atoms with Crippen LogP contribution >= 0.6 is 23.1 Å². The van der Waals surface area contributed by atoms with Crippen molar-refractivity contribution >= 4 is 34.7 Å². The molecule has 0 saturated heterocycles. The van der Waals surface area contributed by atoms with Gasteiger partial charge in [0.15, 0.2) is 4.34 Å². The third kappa shape index (κ3) is 4.33. The predicted octanol–water partition coefficient (Wildman–Crippen LogP) is 3.39. The first-order valence-electron chi connectivity index (χ1n) is 5.94. The van der Waals surface area contributed by atoms with E-state index in [1.165, 1.54) is 28.7 Å². The lowest BCUT2D eigenvalue weighted by atomic mass is 10.0. The second kappa shape index (κ2) is 6.68. The highest BCUT2D eigenvalue weighted by Gasteiger charge is 2.06. The van der Waals surface area contributed by atoms with E-state index in [0.717, 1.165) is 10.0 Å². The van der Waals surface area contributed by atoms with Crippen molar-refractivity contribution in [3.8, 4) is 0 Å². The summed E-state index contributed by atoms with van der Waals surface area (Å²) >= 11 is 2.84. The van der Waals surface area contributed by atoms with Crippen molar-refractivity contribution in [1.29, 1.82) is 0 Å². The molecule has 1 aromatic heterocycles. The molecule has 2 aromatic rings. The molecular weight excluding hydrogens is 278 g/mol. The Bertz CT molecular complexity index is 541. The second-order valence-electron chi connectivity index (χ2n) is 4.32. The Morgan fingerprint density at radius 2 is 2.32 bits per heavy atom. The Morgan fingerprint density at radius 3 is 3.00 bits per heavy atom. The number of rotatable bonds is 5. The molecule has 1 aromatic carbocycles. The molecular formula is C13H15N3OS2. The molecule has 1 heterocycles. The van der Waals surface area contributed by atoms with Gasteiger partial charge in [0.25, 0.3) is 0 Å². The largest absolute Gasteiger partial charge is 0.325 e. The second-order valence-corrected chi connectivity index (χ2v) is 6.38. The average Bonchev–Trinajstić information content (AvgIpc) is 2.90. The van der Waals surface area contributed by atoms with E-state index in [2.05, 4.69) is 35.4 Å². The summed E-state index contributed by atoms with van der Waals surface area (Å²) in [4.78, 5) is 11.8. The van der Waals surface area contributed by atoms with Crippen LogP contribution in [-0.4, -0.2) is 21.9 Å². The fraction of sp³-hybridized carbons (Fsp3) is 0.308. The van der Waals surface area contributed by atoms with E-state index in [-0.39, 0.29) is 5.91 Å². The van der Waals surface area contributed by atoms with Gasteiger partial charge in [-0.05, 0) is 23.6 Å². The highest BCUT2D eigenvalue weighted by molar-refractivity contribution is 8.01. The number of carbonyl (C=O) groups is 1. The van der Waals surface area contributed by atoms with Gasteiger partial charge in [-0.3, -0.25) is 4.79 Å². The SMILES string of the molecule is CC(C)c1cccc(NC(=O)CSc2nncs2)c1. The number of amides is 1. The van der Waals surface area contributed by atoms with E-state index in [0.29, 0.717) is 11.7 Å². The van der Waals surface area contributed by atoms with Gasteiger partial charge in [-0.15, -0.1) is 10.2 Å². The van der Waals surface area contributed by atoms with Crippen LogP contribution in [0.15, 0.2) is 34.1 Å². The fourth-order valence-electron chi connectivity index (χ4n) is 1.53. The zero-order chi connectivity index (χ0) is 13.7. The van der Waals surface area contributed by atoms with Gasteiger partial charge in [-0.25, -0.2) is 0 Å².